The molecule has 1 saturated carbocycles. The van der Waals surface area contributed by atoms with Crippen LogP contribution >= 0.6 is 0 Å². The molecule has 0 amide bonds. The fourth-order valence-electron chi connectivity index (χ4n) is 3.08. The van der Waals surface area contributed by atoms with Crippen molar-refractivity contribution in [3.8, 4) is 5.75 Å². The van der Waals surface area contributed by atoms with Crippen LogP contribution in [0.5, 0.6) is 5.75 Å². The van der Waals surface area contributed by atoms with E-state index in [1.807, 2.05) is 6.07 Å². The molecule has 1 aromatic rings. The molecule has 2 rings (SSSR count). The summed E-state index contributed by atoms with van der Waals surface area (Å²) in [5.74, 6) is 2.00. The van der Waals surface area contributed by atoms with Crippen molar-refractivity contribution in [2.45, 2.75) is 58.5 Å². The van der Waals surface area contributed by atoms with Crippen LogP contribution in [0.25, 0.3) is 0 Å². The minimum absolute atomic E-state index is 0.376. The van der Waals surface area contributed by atoms with Crippen LogP contribution in [0.4, 0.5) is 0 Å². The number of hydrogen-bond acceptors (Lipinski definition) is 3. The predicted molar refractivity (Wildman–Crippen MR) is 80.7 cm³/mol. The minimum atomic E-state index is -0.398. The Bertz CT molecular complexity index is 400. The maximum atomic E-state index is 10.6. The largest absolute Gasteiger partial charge is 0.492 e. The van der Waals surface area contributed by atoms with E-state index in [-0.39, 0.29) is 0 Å². The normalized spacial score (nSPS) is 24.4. The Kier molecular flexibility index (Phi) is 5.84. The van der Waals surface area contributed by atoms with Gasteiger partial charge in [0.1, 0.15) is 5.75 Å². The molecule has 20 heavy (non-hydrogen) atoms. The Morgan fingerprint density at radius 3 is 2.65 bits per heavy atom. The molecule has 1 N–H and O–H groups in total. The van der Waals surface area contributed by atoms with Gasteiger partial charge in [-0.2, -0.15) is 0 Å². The molecule has 0 aliphatic heterocycles. The lowest BCUT2D eigenvalue weighted by Crippen LogP contribution is -2.20. The fourth-order valence-corrected chi connectivity index (χ4v) is 3.08. The lowest BCUT2D eigenvalue weighted by Gasteiger charge is -2.31. The van der Waals surface area contributed by atoms with Crippen molar-refractivity contribution in [1.82, 2.24) is 4.98 Å². The Balaban J connectivity index is 1.96. The second-order valence-electron chi connectivity index (χ2n) is 5.94. The number of ether oxygens (including phenoxy) is 1. The van der Waals surface area contributed by atoms with E-state index < -0.39 is 6.10 Å². The molecule has 0 spiro atoms. The molecule has 1 aliphatic carbocycles. The maximum absolute atomic E-state index is 10.6. The molecular weight excluding hydrogens is 250 g/mol. The van der Waals surface area contributed by atoms with Gasteiger partial charge in [-0.25, -0.2) is 0 Å². The van der Waals surface area contributed by atoms with E-state index in [4.69, 9.17) is 4.74 Å². The summed E-state index contributed by atoms with van der Waals surface area (Å²) < 4.78 is 5.59. The maximum Gasteiger partial charge on any atom is 0.137 e. The molecule has 0 radical (unpaired) electrons. The minimum Gasteiger partial charge on any atom is -0.492 e. The van der Waals surface area contributed by atoms with Gasteiger partial charge in [0.25, 0.3) is 0 Å². The van der Waals surface area contributed by atoms with Crippen LogP contribution in [0, 0.1) is 11.8 Å². The molecule has 1 atom stereocenters. The van der Waals surface area contributed by atoms with Gasteiger partial charge >= 0.3 is 0 Å². The zero-order valence-electron chi connectivity index (χ0n) is 12.7. The van der Waals surface area contributed by atoms with E-state index in [0.717, 1.165) is 36.5 Å². The van der Waals surface area contributed by atoms with Crippen LogP contribution < -0.4 is 4.74 Å². The second kappa shape index (κ2) is 7.63. The molecule has 1 heterocycles. The summed E-state index contributed by atoms with van der Waals surface area (Å²) in [6.45, 7) is 5.04. The fraction of sp³-hybridized carbons (Fsp3) is 0.706. The summed E-state index contributed by atoms with van der Waals surface area (Å²) in [5.41, 5.74) is 0.901. The Morgan fingerprint density at radius 1 is 1.25 bits per heavy atom. The first-order valence-corrected chi connectivity index (χ1v) is 8.00. The monoisotopic (exact) mass is 277 g/mol. The van der Waals surface area contributed by atoms with Crippen molar-refractivity contribution in [3.63, 3.8) is 0 Å². The highest BCUT2D eigenvalue weighted by atomic mass is 16.5. The molecule has 1 unspecified atom stereocenters. The summed E-state index contributed by atoms with van der Waals surface area (Å²) in [7, 11) is 0. The highest BCUT2D eigenvalue weighted by Gasteiger charge is 2.27. The summed E-state index contributed by atoms with van der Waals surface area (Å²) in [5, 5.41) is 10.6. The first-order valence-electron chi connectivity index (χ1n) is 8.00. The van der Waals surface area contributed by atoms with Crippen molar-refractivity contribution in [2.24, 2.45) is 11.8 Å². The Morgan fingerprint density at radius 2 is 2.00 bits per heavy atom. The molecule has 0 bridgehead atoms. The van der Waals surface area contributed by atoms with Crippen molar-refractivity contribution in [1.29, 1.82) is 0 Å². The van der Waals surface area contributed by atoms with Crippen LogP contribution in [0.2, 0.25) is 0 Å². The third kappa shape index (κ3) is 3.95. The lowest BCUT2D eigenvalue weighted by molar-refractivity contribution is 0.0724. The summed E-state index contributed by atoms with van der Waals surface area (Å²) in [6.07, 6.45) is 10.1. The van der Waals surface area contributed by atoms with E-state index >= 15 is 0 Å². The van der Waals surface area contributed by atoms with Gasteiger partial charge < -0.3 is 9.84 Å². The van der Waals surface area contributed by atoms with Crippen LogP contribution in [0.15, 0.2) is 18.5 Å². The standard InChI is InChI=1S/C17H27NO2/c1-3-9-20-16-10-15(11-18-12-16)17(19)14-7-5-13(4-2)6-8-14/h10-14,17,19H,3-9H2,1-2H3. The van der Waals surface area contributed by atoms with E-state index in [9.17, 15) is 5.11 Å². The second-order valence-corrected chi connectivity index (χ2v) is 5.94. The number of aliphatic hydroxyl groups is 1. The summed E-state index contributed by atoms with van der Waals surface area (Å²) in [4.78, 5) is 4.20. The predicted octanol–water partition coefficient (Wildman–Crippen LogP) is 4.12. The number of aliphatic hydroxyl groups excluding tert-OH is 1. The van der Waals surface area contributed by atoms with Gasteiger partial charge in [0.15, 0.2) is 0 Å². The van der Waals surface area contributed by atoms with Gasteiger partial charge in [-0.15, -0.1) is 0 Å². The van der Waals surface area contributed by atoms with Gasteiger partial charge in [0.05, 0.1) is 18.9 Å². The van der Waals surface area contributed by atoms with E-state index in [2.05, 4.69) is 18.8 Å². The smallest absolute Gasteiger partial charge is 0.137 e. The number of rotatable bonds is 6. The van der Waals surface area contributed by atoms with Crippen molar-refractivity contribution < 1.29 is 9.84 Å². The van der Waals surface area contributed by atoms with E-state index in [1.165, 1.54) is 19.3 Å². The van der Waals surface area contributed by atoms with E-state index in [0.29, 0.717) is 12.5 Å². The SMILES string of the molecule is CCCOc1cncc(C(O)C2CCC(CC)CC2)c1. The molecule has 1 aromatic heterocycles. The highest BCUT2D eigenvalue weighted by molar-refractivity contribution is 5.25. The topological polar surface area (TPSA) is 42.4 Å². The van der Waals surface area contributed by atoms with Crippen LogP contribution in [0.1, 0.15) is 64.0 Å². The molecule has 0 aromatic carbocycles. The third-order valence-electron chi connectivity index (χ3n) is 4.46. The van der Waals surface area contributed by atoms with Crippen molar-refractivity contribution in [3.05, 3.63) is 24.0 Å². The first-order chi connectivity index (χ1) is 9.74. The number of nitrogens with zero attached hydrogens (tertiary/aromatic N) is 1. The van der Waals surface area contributed by atoms with Crippen LogP contribution in [-0.2, 0) is 0 Å². The molecule has 112 valence electrons. The molecule has 1 aliphatic rings. The summed E-state index contributed by atoms with van der Waals surface area (Å²) >= 11 is 0. The highest BCUT2D eigenvalue weighted by Crippen LogP contribution is 2.38. The van der Waals surface area contributed by atoms with Gasteiger partial charge in [0.2, 0.25) is 0 Å². The average Bonchev–Trinajstić information content (AvgIpc) is 2.52. The number of pyridine rings is 1. The Labute approximate surface area is 122 Å². The van der Waals surface area contributed by atoms with E-state index in [1.54, 1.807) is 12.4 Å². The quantitative estimate of drug-likeness (QED) is 0.850. The van der Waals surface area contributed by atoms with Gasteiger partial charge in [0, 0.05) is 11.8 Å². The molecular formula is C17H27NO2. The Hall–Kier alpha value is -1.09. The molecule has 1 fully saturated rings. The van der Waals surface area contributed by atoms with Gasteiger partial charge in [-0.05, 0) is 37.2 Å². The molecule has 0 saturated heterocycles. The van der Waals surface area contributed by atoms with Crippen molar-refractivity contribution >= 4 is 0 Å². The van der Waals surface area contributed by atoms with Gasteiger partial charge in [-0.1, -0.05) is 33.1 Å². The average molecular weight is 277 g/mol. The third-order valence-corrected chi connectivity index (χ3v) is 4.46. The summed E-state index contributed by atoms with van der Waals surface area (Å²) in [6, 6.07) is 1.94. The number of hydrogen-bond donors (Lipinski definition) is 1. The first kappa shape index (κ1) is 15.3. The molecule has 3 nitrogen and oxygen atoms in total. The number of aromatic nitrogens is 1. The molecule has 3 heteroatoms. The van der Waals surface area contributed by atoms with Crippen molar-refractivity contribution in [2.75, 3.05) is 6.61 Å². The van der Waals surface area contributed by atoms with Crippen LogP contribution in [0.3, 0.4) is 0 Å². The lowest BCUT2D eigenvalue weighted by atomic mass is 9.77. The van der Waals surface area contributed by atoms with Crippen LogP contribution in [-0.4, -0.2) is 16.7 Å². The zero-order chi connectivity index (χ0) is 14.4. The van der Waals surface area contributed by atoms with Gasteiger partial charge in [-0.3, -0.25) is 4.98 Å². The zero-order valence-corrected chi connectivity index (χ0v) is 12.7.